The summed E-state index contributed by atoms with van der Waals surface area (Å²) in [6.07, 6.45) is 8.88. The van der Waals surface area contributed by atoms with Crippen molar-refractivity contribution in [1.29, 1.82) is 0 Å². The molecule has 0 saturated carbocycles. The van der Waals surface area contributed by atoms with Crippen molar-refractivity contribution in [2.24, 2.45) is 11.8 Å². The molecule has 186 valence electrons. The van der Waals surface area contributed by atoms with Crippen LogP contribution in [0.1, 0.15) is 19.3 Å². The molecule has 2 saturated heterocycles. The number of aliphatic hydroxyl groups is 1. The number of amides is 3. The van der Waals surface area contributed by atoms with Crippen molar-refractivity contribution in [3.63, 3.8) is 0 Å². The second-order valence-electron chi connectivity index (χ2n) is 9.63. The second kappa shape index (κ2) is 9.41. The summed E-state index contributed by atoms with van der Waals surface area (Å²) >= 11 is 6.06. The molecular formula is C26H30ClN3O5. The number of ether oxygens (including phenoxy) is 1. The number of aliphatic hydroxyl groups excluding tert-OH is 1. The van der Waals surface area contributed by atoms with E-state index in [1.165, 1.54) is 0 Å². The minimum atomic E-state index is -1.22. The Morgan fingerprint density at radius 1 is 1.03 bits per heavy atom. The molecule has 4 aliphatic rings. The summed E-state index contributed by atoms with van der Waals surface area (Å²) in [5.74, 6) is -2.07. The average molecular weight is 500 g/mol. The van der Waals surface area contributed by atoms with Crippen molar-refractivity contribution in [3.8, 4) is 0 Å². The first-order valence-electron chi connectivity index (χ1n) is 12.1. The molecule has 4 heterocycles. The molecule has 1 aromatic rings. The second-order valence-corrected chi connectivity index (χ2v) is 10.1. The van der Waals surface area contributed by atoms with Gasteiger partial charge in [-0.15, -0.1) is 0 Å². The molecule has 8 nitrogen and oxygen atoms in total. The van der Waals surface area contributed by atoms with Gasteiger partial charge in [0, 0.05) is 44.0 Å². The molecule has 0 aliphatic carbocycles. The first-order valence-corrected chi connectivity index (χ1v) is 12.5. The van der Waals surface area contributed by atoms with Crippen LogP contribution in [0.5, 0.6) is 0 Å². The van der Waals surface area contributed by atoms with Crippen molar-refractivity contribution in [2.75, 3.05) is 38.2 Å². The lowest BCUT2D eigenvalue weighted by Gasteiger charge is -2.35. The molecule has 35 heavy (non-hydrogen) atoms. The number of nitrogens with zero attached hydrogens (tertiary/aromatic N) is 3. The van der Waals surface area contributed by atoms with Crippen molar-refractivity contribution >= 4 is 35.0 Å². The van der Waals surface area contributed by atoms with Crippen LogP contribution in [-0.4, -0.2) is 83.7 Å². The van der Waals surface area contributed by atoms with Gasteiger partial charge in [0.1, 0.15) is 11.6 Å². The predicted octanol–water partition coefficient (Wildman–Crippen LogP) is 2.01. The lowest BCUT2D eigenvalue weighted by molar-refractivity contribution is -0.143. The summed E-state index contributed by atoms with van der Waals surface area (Å²) < 4.78 is 6.57. The number of anilines is 1. The fourth-order valence-electron chi connectivity index (χ4n) is 5.93. The zero-order valence-corrected chi connectivity index (χ0v) is 20.4. The largest absolute Gasteiger partial charge is 0.396 e. The van der Waals surface area contributed by atoms with E-state index in [1.54, 1.807) is 46.0 Å². The van der Waals surface area contributed by atoms with Crippen LogP contribution >= 0.6 is 11.6 Å². The number of likely N-dealkylation sites (tertiary alicyclic amines) is 1. The maximum absolute atomic E-state index is 14.1. The van der Waals surface area contributed by atoms with E-state index >= 15 is 0 Å². The van der Waals surface area contributed by atoms with Gasteiger partial charge in [-0.1, -0.05) is 35.9 Å². The Balaban J connectivity index is 1.56. The third-order valence-corrected chi connectivity index (χ3v) is 7.81. The van der Waals surface area contributed by atoms with Gasteiger partial charge in [0.25, 0.3) is 5.91 Å². The van der Waals surface area contributed by atoms with Crippen molar-refractivity contribution in [2.45, 2.75) is 37.0 Å². The highest BCUT2D eigenvalue weighted by atomic mass is 35.5. The molecular weight excluding hydrogens is 470 g/mol. The molecule has 0 radical (unpaired) electrons. The molecule has 5 atom stereocenters. The van der Waals surface area contributed by atoms with Crippen LogP contribution in [0.3, 0.4) is 0 Å². The Morgan fingerprint density at radius 2 is 1.80 bits per heavy atom. The van der Waals surface area contributed by atoms with E-state index in [4.69, 9.17) is 21.4 Å². The van der Waals surface area contributed by atoms with Crippen LogP contribution in [0.4, 0.5) is 5.69 Å². The molecule has 9 heteroatoms. The van der Waals surface area contributed by atoms with Gasteiger partial charge < -0.3 is 24.5 Å². The number of halogens is 1. The van der Waals surface area contributed by atoms with E-state index in [1.807, 2.05) is 24.3 Å². The number of unbranched alkanes of at least 4 members (excludes halogenated alkanes) is 2. The van der Waals surface area contributed by atoms with Crippen LogP contribution < -0.4 is 4.90 Å². The summed E-state index contributed by atoms with van der Waals surface area (Å²) in [5.41, 5.74) is -0.542. The summed E-state index contributed by atoms with van der Waals surface area (Å²) in [6, 6.07) is 6.14. The van der Waals surface area contributed by atoms with Gasteiger partial charge in [0.2, 0.25) is 11.8 Å². The van der Waals surface area contributed by atoms with E-state index in [0.717, 1.165) is 6.42 Å². The van der Waals surface area contributed by atoms with Gasteiger partial charge in [0.15, 0.2) is 0 Å². The highest BCUT2D eigenvalue weighted by molar-refractivity contribution is 6.30. The van der Waals surface area contributed by atoms with Crippen LogP contribution in [-0.2, 0) is 19.1 Å². The first kappa shape index (κ1) is 24.0. The lowest BCUT2D eigenvalue weighted by Crippen LogP contribution is -2.55. The van der Waals surface area contributed by atoms with Crippen LogP contribution in [0, 0.1) is 11.8 Å². The molecule has 1 unspecified atom stereocenters. The SMILES string of the molecule is CN1CC=C[C@H]2O[C@]34C=CCN(c5ccc(Cl)cc5)C(=O)C3N(CCCCCO)C(=O)[C@@H]4[C@H]2C1=O. The normalized spacial score (nSPS) is 32.0. The summed E-state index contributed by atoms with van der Waals surface area (Å²) in [6.45, 7) is 1.21. The number of hydrogen-bond acceptors (Lipinski definition) is 5. The number of likely N-dealkylation sites (N-methyl/N-ethyl adjacent to an activating group) is 1. The van der Waals surface area contributed by atoms with Crippen molar-refractivity contribution in [1.82, 2.24) is 9.80 Å². The van der Waals surface area contributed by atoms with Crippen LogP contribution in [0.15, 0.2) is 48.6 Å². The number of fused-ring (bicyclic) bond motifs is 2. The van der Waals surface area contributed by atoms with E-state index in [-0.39, 0.29) is 24.3 Å². The Hall–Kier alpha value is -2.68. The number of carbonyl (C=O) groups is 3. The maximum Gasteiger partial charge on any atom is 0.253 e. The Bertz CT molecular complexity index is 1070. The van der Waals surface area contributed by atoms with E-state index in [2.05, 4.69) is 0 Å². The Morgan fingerprint density at radius 3 is 2.54 bits per heavy atom. The fourth-order valence-corrected chi connectivity index (χ4v) is 6.05. The summed E-state index contributed by atoms with van der Waals surface area (Å²) in [5, 5.41) is 9.74. The molecule has 1 spiro atoms. The van der Waals surface area contributed by atoms with Gasteiger partial charge >= 0.3 is 0 Å². The average Bonchev–Trinajstić information content (AvgIpc) is 3.16. The summed E-state index contributed by atoms with van der Waals surface area (Å²) in [4.78, 5) is 46.3. The van der Waals surface area contributed by atoms with Crippen LogP contribution in [0.2, 0.25) is 5.02 Å². The van der Waals surface area contributed by atoms with Gasteiger partial charge in [-0.3, -0.25) is 14.4 Å². The third kappa shape index (κ3) is 3.88. The standard InChI is InChI=1S/C26H30ClN3O5/c1-28-13-5-7-19-20(23(28)32)21-24(33)30(14-3-2-4-16-31)22-25(34)29(15-6-12-26(21,22)35-19)18-10-8-17(27)9-11-18/h5-12,19-22,31H,2-4,13-16H2,1H3/t19-,20+,21+,22?,26+/m1/s1. The molecule has 1 aromatic carbocycles. The van der Waals surface area contributed by atoms with Gasteiger partial charge in [-0.2, -0.15) is 0 Å². The van der Waals surface area contributed by atoms with Gasteiger partial charge in [-0.05, 0) is 43.5 Å². The van der Waals surface area contributed by atoms with Gasteiger partial charge in [-0.25, -0.2) is 0 Å². The molecule has 0 bridgehead atoms. The van der Waals surface area contributed by atoms with E-state index in [9.17, 15) is 14.4 Å². The molecule has 4 aliphatic heterocycles. The van der Waals surface area contributed by atoms with E-state index < -0.39 is 29.6 Å². The highest BCUT2D eigenvalue weighted by Crippen LogP contribution is 2.53. The molecule has 1 N–H and O–H groups in total. The van der Waals surface area contributed by atoms with Crippen molar-refractivity contribution in [3.05, 3.63) is 53.6 Å². The zero-order valence-electron chi connectivity index (χ0n) is 19.7. The smallest absolute Gasteiger partial charge is 0.253 e. The number of carbonyl (C=O) groups excluding carboxylic acids is 3. The molecule has 3 amide bonds. The lowest BCUT2D eigenvalue weighted by atomic mass is 9.77. The van der Waals surface area contributed by atoms with E-state index in [0.29, 0.717) is 43.2 Å². The molecule has 0 aromatic heterocycles. The zero-order chi connectivity index (χ0) is 24.7. The minimum Gasteiger partial charge on any atom is -0.396 e. The fraction of sp³-hybridized carbons (Fsp3) is 0.500. The maximum atomic E-state index is 14.1. The summed E-state index contributed by atoms with van der Waals surface area (Å²) in [7, 11) is 1.72. The first-order chi connectivity index (χ1) is 16.9. The van der Waals surface area contributed by atoms with Crippen LogP contribution in [0.25, 0.3) is 0 Å². The predicted molar refractivity (Wildman–Crippen MR) is 131 cm³/mol. The highest BCUT2D eigenvalue weighted by Gasteiger charge is 2.71. The quantitative estimate of drug-likeness (QED) is 0.477. The third-order valence-electron chi connectivity index (χ3n) is 7.56. The molecule has 5 rings (SSSR count). The number of benzene rings is 1. The van der Waals surface area contributed by atoms with Gasteiger partial charge in [0.05, 0.1) is 17.9 Å². The Kier molecular flexibility index (Phi) is 6.46. The van der Waals surface area contributed by atoms with Crippen molar-refractivity contribution < 1.29 is 24.2 Å². The topological polar surface area (TPSA) is 90.4 Å². The molecule has 2 fully saturated rings. The number of hydrogen-bond donors (Lipinski definition) is 1. The number of rotatable bonds is 6. The monoisotopic (exact) mass is 499 g/mol. The minimum absolute atomic E-state index is 0.0794. The Labute approximate surface area is 209 Å².